The van der Waals surface area contributed by atoms with Crippen LogP contribution < -0.4 is 0 Å². The molecule has 0 fully saturated rings. The molecule has 3 aromatic heterocycles. The molecule has 100 valence electrons. The summed E-state index contributed by atoms with van der Waals surface area (Å²) in [4.78, 5) is 8.65. The highest BCUT2D eigenvalue weighted by Gasteiger charge is 2.15. The van der Waals surface area contributed by atoms with Gasteiger partial charge in [-0.1, -0.05) is 12.1 Å². The number of imidazole rings is 1. The summed E-state index contributed by atoms with van der Waals surface area (Å²) in [5, 5.41) is 20.5. The monoisotopic (exact) mass is 276 g/mol. The maximum Gasteiger partial charge on any atom is 0.199 e. The predicted octanol–water partition coefficient (Wildman–Crippen LogP) is 0.924. The van der Waals surface area contributed by atoms with Gasteiger partial charge >= 0.3 is 0 Å². The van der Waals surface area contributed by atoms with Crippen molar-refractivity contribution in [2.45, 2.75) is 6.42 Å². The summed E-state index contributed by atoms with van der Waals surface area (Å²) in [7, 11) is 0. The molecule has 8 nitrogen and oxygen atoms in total. The number of rotatable bonds is 2. The van der Waals surface area contributed by atoms with Crippen molar-refractivity contribution in [1.29, 1.82) is 5.26 Å². The topological polar surface area (TPSA) is 97.6 Å². The molecule has 0 spiro atoms. The van der Waals surface area contributed by atoms with E-state index >= 15 is 0 Å². The molecule has 0 N–H and O–H groups in total. The van der Waals surface area contributed by atoms with Crippen molar-refractivity contribution in [3.05, 3.63) is 42.5 Å². The Labute approximate surface area is 118 Å². The molecular formula is C13H8N8. The van der Waals surface area contributed by atoms with Crippen molar-refractivity contribution in [3.8, 4) is 11.9 Å². The van der Waals surface area contributed by atoms with E-state index in [9.17, 15) is 0 Å². The zero-order chi connectivity index (χ0) is 14.2. The first-order valence-corrected chi connectivity index (χ1v) is 6.24. The summed E-state index contributed by atoms with van der Waals surface area (Å²) < 4.78 is 3.43. The van der Waals surface area contributed by atoms with E-state index in [0.29, 0.717) is 17.3 Å². The minimum absolute atomic E-state index is 0.188. The van der Waals surface area contributed by atoms with Gasteiger partial charge in [0, 0.05) is 0 Å². The normalized spacial score (nSPS) is 11.0. The van der Waals surface area contributed by atoms with Crippen LogP contribution in [0.15, 0.2) is 36.7 Å². The Kier molecular flexibility index (Phi) is 2.38. The van der Waals surface area contributed by atoms with E-state index in [-0.39, 0.29) is 6.42 Å². The molecule has 0 atom stereocenters. The highest BCUT2D eigenvalue weighted by molar-refractivity contribution is 5.78. The average molecular weight is 276 g/mol. The summed E-state index contributed by atoms with van der Waals surface area (Å²) >= 11 is 0. The Morgan fingerprint density at radius 3 is 3.00 bits per heavy atom. The fourth-order valence-electron chi connectivity index (χ4n) is 2.34. The quantitative estimate of drug-likeness (QED) is 0.540. The van der Waals surface area contributed by atoms with E-state index in [4.69, 9.17) is 5.26 Å². The van der Waals surface area contributed by atoms with Crippen LogP contribution in [0.1, 0.15) is 5.82 Å². The molecule has 0 saturated carbocycles. The van der Waals surface area contributed by atoms with Crippen molar-refractivity contribution in [1.82, 2.24) is 34.6 Å². The van der Waals surface area contributed by atoms with Gasteiger partial charge in [-0.2, -0.15) is 9.78 Å². The minimum Gasteiger partial charge on any atom is -0.278 e. The number of tetrazole rings is 1. The standard InChI is InChI=1S/C13H8N8/c14-6-5-11-16-9-3-1-2-4-10(9)20(11)13-8-15-7-12-17-18-19-21(12)13/h1-4,7-8H,5H2. The number of nitrogens with zero attached hydrogens (tertiary/aromatic N) is 8. The molecule has 0 amide bonds. The van der Waals surface area contributed by atoms with E-state index in [1.807, 2.05) is 28.8 Å². The second-order valence-electron chi connectivity index (χ2n) is 4.40. The first-order valence-electron chi connectivity index (χ1n) is 6.24. The van der Waals surface area contributed by atoms with Gasteiger partial charge in [-0.25, -0.2) is 4.98 Å². The zero-order valence-electron chi connectivity index (χ0n) is 10.7. The van der Waals surface area contributed by atoms with Crippen LogP contribution >= 0.6 is 0 Å². The summed E-state index contributed by atoms with van der Waals surface area (Å²) in [5.41, 5.74) is 2.23. The third kappa shape index (κ3) is 1.64. The summed E-state index contributed by atoms with van der Waals surface area (Å²) in [6, 6.07) is 9.80. The van der Waals surface area contributed by atoms with Crippen LogP contribution in [0.25, 0.3) is 22.5 Å². The lowest BCUT2D eigenvalue weighted by Gasteiger charge is -2.07. The smallest absolute Gasteiger partial charge is 0.199 e. The van der Waals surface area contributed by atoms with Crippen LogP contribution in [0.2, 0.25) is 0 Å². The van der Waals surface area contributed by atoms with E-state index in [1.54, 1.807) is 16.9 Å². The highest BCUT2D eigenvalue weighted by Crippen LogP contribution is 2.21. The van der Waals surface area contributed by atoms with E-state index in [0.717, 1.165) is 11.0 Å². The van der Waals surface area contributed by atoms with Crippen molar-refractivity contribution in [2.24, 2.45) is 0 Å². The molecule has 8 heteroatoms. The number of hydrogen-bond donors (Lipinski definition) is 0. The first-order chi connectivity index (χ1) is 10.4. The molecule has 4 aromatic rings. The van der Waals surface area contributed by atoms with Crippen molar-refractivity contribution in [2.75, 3.05) is 0 Å². The van der Waals surface area contributed by atoms with Crippen LogP contribution in [0.5, 0.6) is 0 Å². The Morgan fingerprint density at radius 1 is 1.19 bits per heavy atom. The third-order valence-electron chi connectivity index (χ3n) is 3.19. The molecule has 0 radical (unpaired) electrons. The van der Waals surface area contributed by atoms with Gasteiger partial charge in [-0.3, -0.25) is 9.55 Å². The molecule has 1 aromatic carbocycles. The fraction of sp³-hybridized carbons (Fsp3) is 0.0769. The Hall–Kier alpha value is -3.34. The molecule has 0 unspecified atom stereocenters. The molecule has 21 heavy (non-hydrogen) atoms. The molecular weight excluding hydrogens is 268 g/mol. The number of hydrogen-bond acceptors (Lipinski definition) is 6. The molecule has 3 heterocycles. The highest BCUT2D eigenvalue weighted by atomic mass is 15.5. The van der Waals surface area contributed by atoms with Crippen LogP contribution in [-0.4, -0.2) is 34.6 Å². The van der Waals surface area contributed by atoms with Gasteiger partial charge in [0.15, 0.2) is 11.5 Å². The van der Waals surface area contributed by atoms with Crippen LogP contribution in [-0.2, 0) is 6.42 Å². The van der Waals surface area contributed by atoms with Gasteiger partial charge < -0.3 is 0 Å². The summed E-state index contributed by atoms with van der Waals surface area (Å²) in [6.45, 7) is 0. The van der Waals surface area contributed by atoms with Crippen LogP contribution in [0.3, 0.4) is 0 Å². The van der Waals surface area contributed by atoms with Crippen molar-refractivity contribution in [3.63, 3.8) is 0 Å². The second kappa shape index (κ2) is 4.35. The molecule has 4 rings (SSSR count). The van der Waals surface area contributed by atoms with Crippen molar-refractivity contribution < 1.29 is 0 Å². The maximum atomic E-state index is 9.02. The average Bonchev–Trinajstić information content (AvgIpc) is 3.11. The van der Waals surface area contributed by atoms with Gasteiger partial charge in [0.1, 0.15) is 5.82 Å². The van der Waals surface area contributed by atoms with Gasteiger partial charge in [-0.15, -0.1) is 5.10 Å². The first kappa shape index (κ1) is 11.5. The fourth-order valence-corrected chi connectivity index (χ4v) is 2.34. The second-order valence-corrected chi connectivity index (χ2v) is 4.40. The zero-order valence-corrected chi connectivity index (χ0v) is 10.7. The molecule has 0 bridgehead atoms. The maximum absolute atomic E-state index is 9.02. The number of fused-ring (bicyclic) bond motifs is 2. The summed E-state index contributed by atoms with van der Waals surface area (Å²) in [5.74, 6) is 1.28. The SMILES string of the molecule is N#CCc1nc2ccccc2n1-c1cncc2nnnn12. The Balaban J connectivity index is 2.12. The van der Waals surface area contributed by atoms with E-state index < -0.39 is 0 Å². The lowest BCUT2D eigenvalue weighted by atomic mass is 10.3. The number of benzene rings is 1. The predicted molar refractivity (Wildman–Crippen MR) is 72.5 cm³/mol. The molecule has 0 aliphatic rings. The molecule has 0 aliphatic carbocycles. The minimum atomic E-state index is 0.188. The third-order valence-corrected chi connectivity index (χ3v) is 3.19. The van der Waals surface area contributed by atoms with Crippen LogP contribution in [0.4, 0.5) is 0 Å². The largest absolute Gasteiger partial charge is 0.278 e. The van der Waals surface area contributed by atoms with Gasteiger partial charge in [-0.05, 0) is 22.6 Å². The lowest BCUT2D eigenvalue weighted by molar-refractivity contribution is 0.778. The van der Waals surface area contributed by atoms with Gasteiger partial charge in [0.25, 0.3) is 0 Å². The van der Waals surface area contributed by atoms with Crippen LogP contribution in [0, 0.1) is 11.3 Å². The van der Waals surface area contributed by atoms with Gasteiger partial charge in [0.2, 0.25) is 0 Å². The Bertz CT molecular complexity index is 990. The lowest BCUT2D eigenvalue weighted by Crippen LogP contribution is -2.08. The van der Waals surface area contributed by atoms with Gasteiger partial charge in [0.05, 0.1) is 35.9 Å². The number of aromatic nitrogens is 7. The molecule has 0 saturated heterocycles. The van der Waals surface area contributed by atoms with E-state index in [1.165, 1.54) is 0 Å². The molecule has 0 aliphatic heterocycles. The number of nitriles is 1. The summed E-state index contributed by atoms with van der Waals surface area (Å²) in [6.07, 6.45) is 3.41. The number of para-hydroxylation sites is 2. The van der Waals surface area contributed by atoms with Crippen molar-refractivity contribution >= 4 is 16.7 Å². The Morgan fingerprint density at radius 2 is 2.10 bits per heavy atom. The van der Waals surface area contributed by atoms with E-state index in [2.05, 4.69) is 31.6 Å².